The maximum Gasteiger partial charge on any atom is 0.410 e. The average molecular weight is 437 g/mol. The number of benzene rings is 1. The number of aromatic nitrogens is 1. The summed E-state index contributed by atoms with van der Waals surface area (Å²) in [6.07, 6.45) is 3.19. The number of rotatable bonds is 4. The molecule has 2 aliphatic rings. The van der Waals surface area contributed by atoms with Gasteiger partial charge in [0.15, 0.2) is 0 Å². The second-order valence-corrected chi connectivity index (χ2v) is 9.85. The van der Waals surface area contributed by atoms with Gasteiger partial charge in [0, 0.05) is 44.2 Å². The number of pyridine rings is 1. The minimum absolute atomic E-state index is 0.0858. The van der Waals surface area contributed by atoms with Crippen molar-refractivity contribution < 1.29 is 14.3 Å². The zero-order chi connectivity index (χ0) is 22.9. The first-order chi connectivity index (χ1) is 15.2. The van der Waals surface area contributed by atoms with Gasteiger partial charge in [-0.2, -0.15) is 0 Å². The van der Waals surface area contributed by atoms with Crippen LogP contribution in [0.1, 0.15) is 49.7 Å². The molecule has 2 aliphatic heterocycles. The van der Waals surface area contributed by atoms with Crippen LogP contribution in [0, 0.1) is 11.8 Å². The van der Waals surface area contributed by atoms with E-state index in [0.717, 1.165) is 24.3 Å². The number of nitrogens with zero attached hydrogens (tertiary/aromatic N) is 3. The van der Waals surface area contributed by atoms with Crippen LogP contribution in [-0.4, -0.2) is 53.7 Å². The first-order valence-electron chi connectivity index (χ1n) is 11.2. The van der Waals surface area contributed by atoms with Crippen molar-refractivity contribution in [2.24, 2.45) is 11.8 Å². The van der Waals surface area contributed by atoms with Crippen LogP contribution in [0.2, 0.25) is 0 Å². The third-order valence-corrected chi connectivity index (χ3v) is 6.14. The monoisotopic (exact) mass is 436 g/mol. The fraction of sp³-hybridized carbons (Fsp3) is 0.480. The first kappa shape index (κ1) is 22.1. The van der Waals surface area contributed by atoms with Crippen LogP contribution in [0.15, 0.2) is 48.8 Å². The van der Waals surface area contributed by atoms with E-state index in [0.29, 0.717) is 30.5 Å². The maximum atomic E-state index is 12.8. The molecule has 3 atom stereocenters. The van der Waals surface area contributed by atoms with Gasteiger partial charge in [-0.15, -0.1) is 0 Å². The van der Waals surface area contributed by atoms with Crippen molar-refractivity contribution in [1.82, 2.24) is 15.2 Å². The predicted octanol–water partition coefficient (Wildman–Crippen LogP) is 3.88. The molecule has 1 aromatic carbocycles. The minimum atomic E-state index is -0.481. The molecule has 7 heteroatoms. The van der Waals surface area contributed by atoms with Crippen molar-refractivity contribution in [3.05, 3.63) is 59.9 Å². The molecule has 2 aromatic rings. The van der Waals surface area contributed by atoms with Crippen molar-refractivity contribution in [2.45, 2.75) is 39.3 Å². The summed E-state index contributed by atoms with van der Waals surface area (Å²) >= 11 is 0. The zero-order valence-corrected chi connectivity index (χ0v) is 19.2. The summed E-state index contributed by atoms with van der Waals surface area (Å²) < 4.78 is 5.52. The molecule has 32 heavy (non-hydrogen) atoms. The highest BCUT2D eigenvalue weighted by molar-refractivity contribution is 5.95. The second-order valence-electron chi connectivity index (χ2n) is 9.85. The van der Waals surface area contributed by atoms with Gasteiger partial charge in [-0.05, 0) is 39.3 Å². The summed E-state index contributed by atoms with van der Waals surface area (Å²) in [5, 5.41) is 3.05. The van der Waals surface area contributed by atoms with Gasteiger partial charge in [0.2, 0.25) is 0 Å². The predicted molar refractivity (Wildman–Crippen MR) is 124 cm³/mol. The topological polar surface area (TPSA) is 74.8 Å². The molecule has 0 aliphatic carbocycles. The van der Waals surface area contributed by atoms with Gasteiger partial charge in [0.25, 0.3) is 5.91 Å². The van der Waals surface area contributed by atoms with E-state index in [1.165, 1.54) is 0 Å². The molecule has 3 heterocycles. The summed E-state index contributed by atoms with van der Waals surface area (Å²) in [5.41, 5.74) is 2.08. The molecule has 2 unspecified atom stereocenters. The molecular weight excluding hydrogens is 404 g/mol. The number of carbonyl (C=O) groups excluding carboxylic acids is 2. The third kappa shape index (κ3) is 5.03. The summed E-state index contributed by atoms with van der Waals surface area (Å²) in [4.78, 5) is 33.6. The SMILES string of the molecule is C[C@H](NC(=O)c1cncc(N2CC3CN(C(=O)OC(C)(C)C)CC3C2)c1)c1ccccc1. The van der Waals surface area contributed by atoms with Crippen molar-refractivity contribution in [2.75, 3.05) is 31.1 Å². The summed E-state index contributed by atoms with van der Waals surface area (Å²) in [6.45, 7) is 10.7. The van der Waals surface area contributed by atoms with Crippen LogP contribution in [-0.2, 0) is 4.74 Å². The van der Waals surface area contributed by atoms with Crippen molar-refractivity contribution in [3.8, 4) is 0 Å². The van der Waals surface area contributed by atoms with Gasteiger partial charge in [-0.25, -0.2) is 4.79 Å². The van der Waals surface area contributed by atoms with Crippen LogP contribution < -0.4 is 10.2 Å². The van der Waals surface area contributed by atoms with Gasteiger partial charge >= 0.3 is 6.09 Å². The van der Waals surface area contributed by atoms with Crippen LogP contribution >= 0.6 is 0 Å². The van der Waals surface area contributed by atoms with Crippen LogP contribution in [0.5, 0.6) is 0 Å². The number of carbonyl (C=O) groups is 2. The highest BCUT2D eigenvalue weighted by atomic mass is 16.6. The third-order valence-electron chi connectivity index (χ3n) is 6.14. The Bertz CT molecular complexity index is 959. The lowest BCUT2D eigenvalue weighted by Gasteiger charge is -2.26. The maximum absolute atomic E-state index is 12.8. The Morgan fingerprint density at radius 2 is 1.72 bits per heavy atom. The van der Waals surface area contributed by atoms with Crippen molar-refractivity contribution in [3.63, 3.8) is 0 Å². The molecular formula is C25H32N4O3. The van der Waals surface area contributed by atoms with E-state index in [1.807, 2.05) is 75.2 Å². The Morgan fingerprint density at radius 3 is 2.34 bits per heavy atom. The molecule has 170 valence electrons. The summed E-state index contributed by atoms with van der Waals surface area (Å²) in [6, 6.07) is 11.7. The molecule has 0 saturated carbocycles. The minimum Gasteiger partial charge on any atom is -0.444 e. The van der Waals surface area contributed by atoms with Gasteiger partial charge in [-0.1, -0.05) is 30.3 Å². The Morgan fingerprint density at radius 1 is 1.06 bits per heavy atom. The highest BCUT2D eigenvalue weighted by Gasteiger charge is 2.42. The van der Waals surface area contributed by atoms with Crippen LogP contribution in [0.4, 0.5) is 10.5 Å². The zero-order valence-electron chi connectivity index (χ0n) is 19.2. The second kappa shape index (κ2) is 8.81. The molecule has 0 bridgehead atoms. The van der Waals surface area contributed by atoms with E-state index >= 15 is 0 Å². The van der Waals surface area contributed by atoms with E-state index < -0.39 is 5.60 Å². The number of nitrogens with one attached hydrogen (secondary N) is 1. The van der Waals surface area contributed by atoms with E-state index in [4.69, 9.17) is 4.74 Å². The standard InChI is InChI=1S/C25H32N4O3/c1-17(18-8-6-5-7-9-18)27-23(30)19-10-22(12-26-11-19)28-13-20-15-29(16-21(20)14-28)24(31)32-25(2,3)4/h5-12,17,20-21H,13-16H2,1-4H3,(H,27,30)/t17-,20?,21?/m0/s1. The van der Waals surface area contributed by atoms with Gasteiger partial charge in [-0.3, -0.25) is 9.78 Å². The van der Waals surface area contributed by atoms with Gasteiger partial charge in [0.1, 0.15) is 5.60 Å². The molecule has 0 radical (unpaired) electrons. The lowest BCUT2D eigenvalue weighted by atomic mass is 10.0. The number of hydrogen-bond donors (Lipinski definition) is 1. The normalized spacial score (nSPS) is 21.2. The number of anilines is 1. The van der Waals surface area contributed by atoms with E-state index in [9.17, 15) is 9.59 Å². The molecule has 4 rings (SSSR count). The number of amides is 2. The fourth-order valence-corrected chi connectivity index (χ4v) is 4.51. The van der Waals surface area contributed by atoms with E-state index in [1.54, 1.807) is 6.20 Å². The number of ether oxygens (including phenoxy) is 1. The summed E-state index contributed by atoms with van der Waals surface area (Å²) in [7, 11) is 0. The number of fused-ring (bicyclic) bond motifs is 1. The lowest BCUT2D eigenvalue weighted by molar-refractivity contribution is 0.0282. The Balaban J connectivity index is 1.36. The smallest absolute Gasteiger partial charge is 0.410 e. The first-order valence-corrected chi connectivity index (χ1v) is 11.2. The highest BCUT2D eigenvalue weighted by Crippen LogP contribution is 2.34. The average Bonchev–Trinajstić information content (AvgIpc) is 3.33. The number of hydrogen-bond acceptors (Lipinski definition) is 5. The van der Waals surface area contributed by atoms with Crippen LogP contribution in [0.25, 0.3) is 0 Å². The Kier molecular flexibility index (Phi) is 6.09. The van der Waals surface area contributed by atoms with Crippen LogP contribution in [0.3, 0.4) is 0 Å². The Hall–Kier alpha value is -3.09. The fourth-order valence-electron chi connectivity index (χ4n) is 4.51. The molecule has 7 nitrogen and oxygen atoms in total. The largest absolute Gasteiger partial charge is 0.444 e. The summed E-state index contributed by atoms with van der Waals surface area (Å²) in [5.74, 6) is 0.669. The molecule has 1 aromatic heterocycles. The quantitative estimate of drug-likeness (QED) is 0.787. The number of likely N-dealkylation sites (tertiary alicyclic amines) is 1. The Labute approximate surface area is 189 Å². The molecule has 2 fully saturated rings. The molecule has 2 saturated heterocycles. The molecule has 2 amide bonds. The molecule has 0 spiro atoms. The van der Waals surface area contributed by atoms with Gasteiger partial charge in [0.05, 0.1) is 23.5 Å². The van der Waals surface area contributed by atoms with E-state index in [-0.39, 0.29) is 18.0 Å². The van der Waals surface area contributed by atoms with Gasteiger partial charge < -0.3 is 19.9 Å². The lowest BCUT2D eigenvalue weighted by Crippen LogP contribution is -2.37. The molecule has 1 N–H and O–H groups in total. The van der Waals surface area contributed by atoms with Crippen molar-refractivity contribution >= 4 is 17.7 Å². The van der Waals surface area contributed by atoms with E-state index in [2.05, 4.69) is 15.2 Å². The van der Waals surface area contributed by atoms with Crippen molar-refractivity contribution in [1.29, 1.82) is 0 Å².